The van der Waals surface area contributed by atoms with Crippen molar-refractivity contribution >= 4 is 17.7 Å². The largest absolute Gasteiger partial charge is 0.354 e. The quantitative estimate of drug-likeness (QED) is 0.607. The molecule has 0 aliphatic rings. The first-order valence-corrected chi connectivity index (χ1v) is 8.03. The molecule has 6 heteroatoms. The number of aromatic amines is 1. The van der Waals surface area contributed by atoms with Gasteiger partial charge in [-0.3, -0.25) is 4.79 Å². The molecule has 0 aliphatic carbocycles. The summed E-state index contributed by atoms with van der Waals surface area (Å²) in [5, 5.41) is 11.9. The number of aromatic nitrogens is 2. The fourth-order valence-electron chi connectivity index (χ4n) is 1.94. The van der Waals surface area contributed by atoms with E-state index >= 15 is 0 Å². The molecule has 5 nitrogen and oxygen atoms in total. The van der Waals surface area contributed by atoms with Crippen LogP contribution in [0.25, 0.3) is 0 Å². The van der Waals surface area contributed by atoms with E-state index in [0.717, 1.165) is 23.0 Å². The van der Waals surface area contributed by atoms with Gasteiger partial charge >= 0.3 is 0 Å². The molecule has 1 aromatic carbocycles. The number of hydrogen-bond acceptors (Lipinski definition) is 4. The van der Waals surface area contributed by atoms with Crippen molar-refractivity contribution in [2.24, 2.45) is 0 Å². The Labute approximate surface area is 134 Å². The Morgan fingerprint density at radius 1 is 1.41 bits per heavy atom. The summed E-state index contributed by atoms with van der Waals surface area (Å²) in [6, 6.07) is 12.2. The molecule has 0 saturated carbocycles. The molecule has 0 unspecified atom stereocenters. The van der Waals surface area contributed by atoms with E-state index in [9.17, 15) is 4.79 Å². The van der Waals surface area contributed by atoms with Gasteiger partial charge in [-0.1, -0.05) is 42.1 Å². The predicted octanol–water partition coefficient (Wildman–Crippen LogP) is 2.43. The molecule has 2 aromatic rings. The Morgan fingerprint density at radius 2 is 2.18 bits per heavy atom. The van der Waals surface area contributed by atoms with Crippen LogP contribution in [-0.4, -0.2) is 28.2 Å². The van der Waals surface area contributed by atoms with Crippen molar-refractivity contribution in [1.82, 2.24) is 15.3 Å². The van der Waals surface area contributed by atoms with Crippen LogP contribution in [0.4, 0.5) is 0 Å². The SMILES string of the molecule is Cc1[nH]c(SCC(=O)NCCC#N)nc1Cc1ccccc1. The molecule has 22 heavy (non-hydrogen) atoms. The normalized spacial score (nSPS) is 10.2. The van der Waals surface area contributed by atoms with Gasteiger partial charge in [0.25, 0.3) is 0 Å². The third-order valence-corrected chi connectivity index (χ3v) is 3.95. The first kappa shape index (κ1) is 16.1. The summed E-state index contributed by atoms with van der Waals surface area (Å²) in [4.78, 5) is 19.3. The molecule has 0 spiro atoms. The van der Waals surface area contributed by atoms with E-state index in [0.29, 0.717) is 18.7 Å². The van der Waals surface area contributed by atoms with Gasteiger partial charge in [0.1, 0.15) is 0 Å². The summed E-state index contributed by atoms with van der Waals surface area (Å²) in [5.41, 5.74) is 3.23. The Hall–Kier alpha value is -2.26. The summed E-state index contributed by atoms with van der Waals surface area (Å²) in [5.74, 6) is 0.210. The summed E-state index contributed by atoms with van der Waals surface area (Å²) in [6.45, 7) is 2.38. The Morgan fingerprint density at radius 3 is 2.91 bits per heavy atom. The Kier molecular flexibility index (Phi) is 6.04. The lowest BCUT2D eigenvalue weighted by atomic mass is 10.1. The van der Waals surface area contributed by atoms with Crippen LogP contribution in [0.15, 0.2) is 35.5 Å². The van der Waals surface area contributed by atoms with Gasteiger partial charge in [-0.15, -0.1) is 0 Å². The lowest BCUT2D eigenvalue weighted by Crippen LogP contribution is -2.25. The number of nitrogens with zero attached hydrogens (tertiary/aromatic N) is 2. The number of aryl methyl sites for hydroxylation is 1. The maximum absolute atomic E-state index is 11.6. The number of carbonyl (C=O) groups excluding carboxylic acids is 1. The van der Waals surface area contributed by atoms with Crippen LogP contribution in [0.3, 0.4) is 0 Å². The molecule has 1 heterocycles. The van der Waals surface area contributed by atoms with Gasteiger partial charge in [0.15, 0.2) is 5.16 Å². The first-order valence-electron chi connectivity index (χ1n) is 7.05. The van der Waals surface area contributed by atoms with Gasteiger partial charge in [0, 0.05) is 18.7 Å². The molecule has 0 fully saturated rings. The molecule has 114 valence electrons. The van der Waals surface area contributed by atoms with E-state index in [-0.39, 0.29) is 5.91 Å². The highest BCUT2D eigenvalue weighted by molar-refractivity contribution is 7.99. The fourth-order valence-corrected chi connectivity index (χ4v) is 2.71. The molecule has 1 aromatic heterocycles. The van der Waals surface area contributed by atoms with E-state index in [1.54, 1.807) is 0 Å². The second kappa shape index (κ2) is 8.25. The van der Waals surface area contributed by atoms with Crippen LogP contribution in [0.1, 0.15) is 23.4 Å². The highest BCUT2D eigenvalue weighted by Crippen LogP contribution is 2.18. The minimum atomic E-state index is -0.0843. The summed E-state index contributed by atoms with van der Waals surface area (Å²) < 4.78 is 0. The number of carbonyl (C=O) groups is 1. The fraction of sp³-hybridized carbons (Fsp3) is 0.312. The first-order chi connectivity index (χ1) is 10.7. The maximum Gasteiger partial charge on any atom is 0.230 e. The van der Waals surface area contributed by atoms with Crippen molar-refractivity contribution in [3.8, 4) is 6.07 Å². The number of imidazole rings is 1. The van der Waals surface area contributed by atoms with Crippen molar-refractivity contribution in [2.45, 2.75) is 24.9 Å². The van der Waals surface area contributed by atoms with Crippen molar-refractivity contribution in [2.75, 3.05) is 12.3 Å². The molecule has 0 saturated heterocycles. The number of nitriles is 1. The van der Waals surface area contributed by atoms with Crippen LogP contribution in [0, 0.1) is 18.3 Å². The third kappa shape index (κ3) is 4.93. The summed E-state index contributed by atoms with van der Waals surface area (Å²) in [7, 11) is 0. The minimum Gasteiger partial charge on any atom is -0.354 e. The third-order valence-electron chi connectivity index (χ3n) is 3.08. The molecule has 2 N–H and O–H groups in total. The maximum atomic E-state index is 11.6. The number of hydrogen-bond donors (Lipinski definition) is 2. The molecule has 0 atom stereocenters. The van der Waals surface area contributed by atoms with E-state index in [1.165, 1.54) is 17.3 Å². The number of amides is 1. The zero-order valence-electron chi connectivity index (χ0n) is 12.4. The van der Waals surface area contributed by atoms with Crippen LogP contribution >= 0.6 is 11.8 Å². The molecular weight excluding hydrogens is 296 g/mol. The smallest absolute Gasteiger partial charge is 0.230 e. The zero-order valence-corrected chi connectivity index (χ0v) is 13.2. The number of H-pyrrole nitrogens is 1. The number of thioether (sulfide) groups is 1. The standard InChI is InChI=1S/C16H18N4OS/c1-12-14(10-13-6-3-2-4-7-13)20-16(19-12)22-11-15(21)18-9-5-8-17/h2-4,6-7H,5,9-11H2,1H3,(H,18,21)(H,19,20). The summed E-state index contributed by atoms with van der Waals surface area (Å²) in [6.07, 6.45) is 1.11. The van der Waals surface area contributed by atoms with Gasteiger partial charge in [-0.05, 0) is 12.5 Å². The zero-order chi connectivity index (χ0) is 15.8. The molecular formula is C16H18N4OS. The molecule has 1 amide bonds. The summed E-state index contributed by atoms with van der Waals surface area (Å²) >= 11 is 1.37. The van der Waals surface area contributed by atoms with Gasteiger partial charge in [-0.25, -0.2) is 4.98 Å². The van der Waals surface area contributed by atoms with Crippen LogP contribution in [-0.2, 0) is 11.2 Å². The average Bonchev–Trinajstić information content (AvgIpc) is 2.87. The van der Waals surface area contributed by atoms with E-state index in [1.807, 2.05) is 31.2 Å². The lowest BCUT2D eigenvalue weighted by molar-refractivity contribution is -0.118. The van der Waals surface area contributed by atoms with E-state index in [2.05, 4.69) is 27.4 Å². The lowest BCUT2D eigenvalue weighted by Gasteiger charge is -2.00. The van der Waals surface area contributed by atoms with Crippen molar-refractivity contribution < 1.29 is 4.79 Å². The topological polar surface area (TPSA) is 81.6 Å². The molecule has 0 radical (unpaired) electrons. The van der Waals surface area contributed by atoms with E-state index < -0.39 is 0 Å². The van der Waals surface area contributed by atoms with Gasteiger partial charge in [0.2, 0.25) is 5.91 Å². The second-order valence-corrected chi connectivity index (χ2v) is 5.79. The highest BCUT2D eigenvalue weighted by Gasteiger charge is 2.09. The van der Waals surface area contributed by atoms with E-state index in [4.69, 9.17) is 5.26 Å². The monoisotopic (exact) mass is 314 g/mol. The molecule has 2 rings (SSSR count). The predicted molar refractivity (Wildman–Crippen MR) is 86.5 cm³/mol. The number of benzene rings is 1. The van der Waals surface area contributed by atoms with Gasteiger partial charge < -0.3 is 10.3 Å². The van der Waals surface area contributed by atoms with Crippen molar-refractivity contribution in [3.05, 3.63) is 47.3 Å². The number of rotatable bonds is 7. The second-order valence-electron chi connectivity index (χ2n) is 4.82. The van der Waals surface area contributed by atoms with Crippen molar-refractivity contribution in [1.29, 1.82) is 5.26 Å². The Bertz CT molecular complexity index is 661. The highest BCUT2D eigenvalue weighted by atomic mass is 32.2. The van der Waals surface area contributed by atoms with Gasteiger partial charge in [-0.2, -0.15) is 5.26 Å². The van der Waals surface area contributed by atoms with Crippen LogP contribution < -0.4 is 5.32 Å². The van der Waals surface area contributed by atoms with Crippen LogP contribution in [0.2, 0.25) is 0 Å². The number of nitrogens with one attached hydrogen (secondary N) is 2. The van der Waals surface area contributed by atoms with Crippen molar-refractivity contribution in [3.63, 3.8) is 0 Å². The average molecular weight is 314 g/mol. The van der Waals surface area contributed by atoms with Gasteiger partial charge in [0.05, 0.1) is 23.9 Å². The minimum absolute atomic E-state index is 0.0843. The molecule has 0 bridgehead atoms. The van der Waals surface area contributed by atoms with Crippen LogP contribution in [0.5, 0.6) is 0 Å². The molecule has 0 aliphatic heterocycles. The Balaban J connectivity index is 1.87.